The maximum absolute atomic E-state index is 13.6. The molecule has 0 unspecified atom stereocenters. The van der Waals surface area contributed by atoms with Gasteiger partial charge >= 0.3 is 5.69 Å². The Bertz CT molecular complexity index is 1420. The third-order valence-electron chi connectivity index (χ3n) is 6.09. The van der Waals surface area contributed by atoms with Gasteiger partial charge in [-0.2, -0.15) is 4.98 Å². The SMILES string of the molecule is CCOc1ccc(N2C[C@@H](C)Cn3c2nc2c3c(=O)n(Cc3ccccc3)c(=O)n2C)cc1. The topological polar surface area (TPSA) is 74.3 Å². The largest absolute Gasteiger partial charge is 0.494 e. The van der Waals surface area contributed by atoms with Crippen molar-refractivity contribution in [2.45, 2.75) is 26.9 Å². The van der Waals surface area contributed by atoms with Gasteiger partial charge in [-0.3, -0.25) is 13.9 Å². The van der Waals surface area contributed by atoms with Crippen LogP contribution in [0.3, 0.4) is 0 Å². The fraction of sp³-hybridized carbons (Fsp3) is 0.320. The second-order valence-corrected chi connectivity index (χ2v) is 8.56. The average molecular weight is 446 g/mol. The maximum Gasteiger partial charge on any atom is 0.332 e. The van der Waals surface area contributed by atoms with Crippen LogP contribution in [0.25, 0.3) is 11.2 Å². The quantitative estimate of drug-likeness (QED) is 0.472. The van der Waals surface area contributed by atoms with Crippen LogP contribution >= 0.6 is 0 Å². The second kappa shape index (κ2) is 8.27. The highest BCUT2D eigenvalue weighted by molar-refractivity contribution is 5.77. The molecule has 33 heavy (non-hydrogen) atoms. The summed E-state index contributed by atoms with van der Waals surface area (Å²) in [6.07, 6.45) is 0. The number of anilines is 2. The van der Waals surface area contributed by atoms with Gasteiger partial charge in [0.25, 0.3) is 5.56 Å². The molecular weight excluding hydrogens is 418 g/mol. The molecule has 0 bridgehead atoms. The van der Waals surface area contributed by atoms with Crippen molar-refractivity contribution in [2.24, 2.45) is 13.0 Å². The number of hydrogen-bond acceptors (Lipinski definition) is 5. The van der Waals surface area contributed by atoms with Gasteiger partial charge in [-0.1, -0.05) is 37.3 Å². The minimum atomic E-state index is -0.368. The van der Waals surface area contributed by atoms with Gasteiger partial charge < -0.3 is 14.2 Å². The first-order chi connectivity index (χ1) is 16.0. The lowest BCUT2D eigenvalue weighted by Gasteiger charge is -2.33. The first-order valence-corrected chi connectivity index (χ1v) is 11.2. The summed E-state index contributed by atoms with van der Waals surface area (Å²) in [4.78, 5) is 33.5. The van der Waals surface area contributed by atoms with Gasteiger partial charge in [-0.15, -0.1) is 0 Å². The number of hydrogen-bond donors (Lipinski definition) is 0. The van der Waals surface area contributed by atoms with Crippen LogP contribution in [0, 0.1) is 5.92 Å². The van der Waals surface area contributed by atoms with Gasteiger partial charge in [0, 0.05) is 25.8 Å². The van der Waals surface area contributed by atoms with Crippen molar-refractivity contribution < 1.29 is 4.74 Å². The minimum Gasteiger partial charge on any atom is -0.494 e. The van der Waals surface area contributed by atoms with Gasteiger partial charge in [0.1, 0.15) is 5.75 Å². The molecule has 1 atom stereocenters. The number of nitrogens with zero attached hydrogens (tertiary/aromatic N) is 5. The molecule has 4 aromatic rings. The summed E-state index contributed by atoms with van der Waals surface area (Å²) >= 11 is 0. The molecule has 8 heteroatoms. The van der Waals surface area contributed by atoms with E-state index in [9.17, 15) is 9.59 Å². The Hall–Kier alpha value is -3.81. The van der Waals surface area contributed by atoms with Crippen molar-refractivity contribution >= 4 is 22.8 Å². The zero-order chi connectivity index (χ0) is 23.1. The Morgan fingerprint density at radius 3 is 2.45 bits per heavy atom. The standard InChI is InChI=1S/C25H27N5O3/c1-4-33-20-12-10-19(11-13-20)28-14-17(2)15-29-21-22(26-24(28)29)27(3)25(32)30(23(21)31)16-18-8-6-5-7-9-18/h5-13,17H,4,14-16H2,1-3H3/t17-/m1/s1. The van der Waals surface area contributed by atoms with Crippen LogP contribution in [-0.4, -0.2) is 31.8 Å². The number of fused-ring (bicyclic) bond motifs is 3. The zero-order valence-corrected chi connectivity index (χ0v) is 19.1. The molecular formula is C25H27N5O3. The Labute approximate surface area is 191 Å². The number of benzene rings is 2. The van der Waals surface area contributed by atoms with Crippen molar-refractivity contribution in [3.63, 3.8) is 0 Å². The molecule has 170 valence electrons. The molecule has 1 aliphatic heterocycles. The lowest BCUT2D eigenvalue weighted by atomic mass is 10.1. The van der Waals surface area contributed by atoms with Crippen molar-refractivity contribution in [1.29, 1.82) is 0 Å². The monoisotopic (exact) mass is 445 g/mol. The summed E-state index contributed by atoms with van der Waals surface area (Å²) in [5.74, 6) is 1.78. The van der Waals surface area contributed by atoms with E-state index in [2.05, 4.69) is 11.8 Å². The van der Waals surface area contributed by atoms with Crippen LogP contribution in [-0.2, 0) is 20.1 Å². The maximum atomic E-state index is 13.6. The van der Waals surface area contributed by atoms with Gasteiger partial charge in [0.05, 0.1) is 13.2 Å². The van der Waals surface area contributed by atoms with Crippen LogP contribution in [0.2, 0.25) is 0 Å². The molecule has 2 aromatic carbocycles. The summed E-state index contributed by atoms with van der Waals surface area (Å²) in [5.41, 5.74) is 2.07. The Morgan fingerprint density at radius 2 is 1.76 bits per heavy atom. The fourth-order valence-electron chi connectivity index (χ4n) is 4.52. The van der Waals surface area contributed by atoms with Crippen LogP contribution in [0.15, 0.2) is 64.2 Å². The molecule has 3 heterocycles. The molecule has 0 spiro atoms. The number of ether oxygens (including phenoxy) is 1. The molecule has 0 radical (unpaired) electrons. The second-order valence-electron chi connectivity index (χ2n) is 8.56. The molecule has 5 rings (SSSR count). The molecule has 0 aliphatic carbocycles. The van der Waals surface area contributed by atoms with Gasteiger partial charge in [0.15, 0.2) is 11.2 Å². The Morgan fingerprint density at radius 1 is 1.03 bits per heavy atom. The lowest BCUT2D eigenvalue weighted by Crippen LogP contribution is -2.40. The van der Waals surface area contributed by atoms with E-state index in [1.807, 2.05) is 66.1 Å². The molecule has 1 aliphatic rings. The van der Waals surface area contributed by atoms with Crippen molar-refractivity contribution in [1.82, 2.24) is 18.7 Å². The molecule has 0 amide bonds. The Balaban J connectivity index is 1.66. The highest BCUT2D eigenvalue weighted by Crippen LogP contribution is 2.33. The number of imidazole rings is 1. The van der Waals surface area contributed by atoms with E-state index in [0.29, 0.717) is 36.2 Å². The predicted molar refractivity (Wildman–Crippen MR) is 129 cm³/mol. The summed E-state index contributed by atoms with van der Waals surface area (Å²) in [6.45, 7) is 6.37. The third-order valence-corrected chi connectivity index (χ3v) is 6.09. The van der Waals surface area contributed by atoms with E-state index in [0.717, 1.165) is 23.5 Å². The summed E-state index contributed by atoms with van der Waals surface area (Å²) in [6, 6.07) is 17.4. The normalized spacial score (nSPS) is 15.6. The van der Waals surface area contributed by atoms with Gasteiger partial charge in [0.2, 0.25) is 5.95 Å². The molecule has 0 fully saturated rings. The van der Waals surface area contributed by atoms with Crippen molar-refractivity contribution in [2.75, 3.05) is 18.1 Å². The third kappa shape index (κ3) is 3.61. The smallest absolute Gasteiger partial charge is 0.332 e. The van der Waals surface area contributed by atoms with E-state index < -0.39 is 0 Å². The van der Waals surface area contributed by atoms with E-state index >= 15 is 0 Å². The van der Waals surface area contributed by atoms with E-state index in [-0.39, 0.29) is 17.8 Å². The minimum absolute atomic E-state index is 0.223. The number of aromatic nitrogens is 4. The highest BCUT2D eigenvalue weighted by Gasteiger charge is 2.29. The molecule has 2 aromatic heterocycles. The fourth-order valence-corrected chi connectivity index (χ4v) is 4.52. The van der Waals surface area contributed by atoms with Gasteiger partial charge in [-0.05, 0) is 42.7 Å². The number of aryl methyl sites for hydroxylation is 1. The van der Waals surface area contributed by atoms with Crippen LogP contribution in [0.5, 0.6) is 5.75 Å². The molecule has 0 saturated heterocycles. The predicted octanol–water partition coefficient (Wildman–Crippen LogP) is 3.13. The van der Waals surface area contributed by atoms with E-state index in [1.54, 1.807) is 7.05 Å². The lowest BCUT2D eigenvalue weighted by molar-refractivity contribution is 0.340. The molecule has 0 N–H and O–H groups in total. The van der Waals surface area contributed by atoms with Crippen LogP contribution < -0.4 is 20.9 Å². The van der Waals surface area contributed by atoms with Crippen molar-refractivity contribution in [3.8, 4) is 5.75 Å². The molecule has 8 nitrogen and oxygen atoms in total. The molecule has 0 saturated carbocycles. The summed E-state index contributed by atoms with van der Waals surface area (Å²) < 4.78 is 10.3. The highest BCUT2D eigenvalue weighted by atomic mass is 16.5. The van der Waals surface area contributed by atoms with Crippen LogP contribution in [0.4, 0.5) is 11.6 Å². The first kappa shape index (κ1) is 21.1. The Kier molecular flexibility index (Phi) is 5.28. The van der Waals surface area contributed by atoms with E-state index in [4.69, 9.17) is 9.72 Å². The average Bonchev–Trinajstić information content (AvgIpc) is 3.21. The zero-order valence-electron chi connectivity index (χ0n) is 19.1. The van der Waals surface area contributed by atoms with E-state index in [1.165, 1.54) is 9.13 Å². The summed E-state index contributed by atoms with van der Waals surface area (Å²) in [7, 11) is 1.68. The first-order valence-electron chi connectivity index (χ1n) is 11.2. The number of rotatable bonds is 5. The van der Waals surface area contributed by atoms with Crippen molar-refractivity contribution in [3.05, 3.63) is 81.0 Å². The van der Waals surface area contributed by atoms with Gasteiger partial charge in [-0.25, -0.2) is 4.79 Å². The van der Waals surface area contributed by atoms with Crippen LogP contribution in [0.1, 0.15) is 19.4 Å². The summed E-state index contributed by atoms with van der Waals surface area (Å²) in [5, 5.41) is 0.